The Labute approximate surface area is 228 Å². The predicted octanol–water partition coefficient (Wildman–Crippen LogP) is 5.01. The van der Waals surface area contributed by atoms with Gasteiger partial charge in [0.15, 0.2) is 0 Å². The van der Waals surface area contributed by atoms with Gasteiger partial charge in [-0.15, -0.1) is 0 Å². The fourth-order valence-electron chi connectivity index (χ4n) is 3.69. The molecule has 3 aromatic carbocycles. The number of para-hydroxylation sites is 1. The number of benzene rings is 3. The number of anilines is 1. The summed E-state index contributed by atoms with van der Waals surface area (Å²) in [5, 5.41) is 3.41. The van der Waals surface area contributed by atoms with Crippen molar-refractivity contribution in [1.29, 1.82) is 0 Å². The molecule has 7 nitrogen and oxygen atoms in total. The van der Waals surface area contributed by atoms with Crippen LogP contribution in [0.5, 0.6) is 0 Å². The Morgan fingerprint density at radius 2 is 1.55 bits per heavy atom. The van der Waals surface area contributed by atoms with Crippen molar-refractivity contribution < 1.29 is 22.4 Å². The van der Waals surface area contributed by atoms with E-state index < -0.39 is 34.3 Å². The summed E-state index contributed by atoms with van der Waals surface area (Å²) in [5.74, 6) is -1.52. The molecule has 3 aromatic rings. The molecule has 0 aliphatic rings. The van der Waals surface area contributed by atoms with Crippen LogP contribution in [0.15, 0.2) is 83.8 Å². The van der Waals surface area contributed by atoms with Crippen molar-refractivity contribution in [3.63, 3.8) is 0 Å². The third kappa shape index (κ3) is 7.33. The second-order valence-corrected chi connectivity index (χ2v) is 11.2. The second kappa shape index (κ2) is 12.9. The highest BCUT2D eigenvalue weighted by atomic mass is 35.5. The first-order chi connectivity index (χ1) is 18.0. The first-order valence-corrected chi connectivity index (χ1v) is 14.0. The molecule has 0 aromatic heterocycles. The van der Waals surface area contributed by atoms with Crippen LogP contribution in [0.1, 0.15) is 32.8 Å². The van der Waals surface area contributed by atoms with E-state index in [4.69, 9.17) is 11.6 Å². The second-order valence-electron chi connectivity index (χ2n) is 8.94. The lowest BCUT2D eigenvalue weighted by atomic mass is 10.1. The number of nitrogens with one attached hydrogen (secondary N) is 1. The van der Waals surface area contributed by atoms with Crippen LogP contribution >= 0.6 is 11.6 Å². The zero-order valence-electron chi connectivity index (χ0n) is 21.5. The van der Waals surface area contributed by atoms with Gasteiger partial charge in [-0.2, -0.15) is 0 Å². The van der Waals surface area contributed by atoms with E-state index in [0.717, 1.165) is 34.1 Å². The van der Waals surface area contributed by atoms with Crippen molar-refractivity contribution in [2.24, 2.45) is 0 Å². The first-order valence-electron chi connectivity index (χ1n) is 12.2. The highest BCUT2D eigenvalue weighted by Gasteiger charge is 2.32. The average Bonchev–Trinajstić information content (AvgIpc) is 2.91. The number of sulfonamides is 1. The number of rotatable bonds is 11. The molecule has 0 fully saturated rings. The van der Waals surface area contributed by atoms with Gasteiger partial charge in [-0.1, -0.05) is 48.9 Å². The third-order valence-corrected chi connectivity index (χ3v) is 8.20. The summed E-state index contributed by atoms with van der Waals surface area (Å²) in [6, 6.07) is 18.4. The van der Waals surface area contributed by atoms with Gasteiger partial charge >= 0.3 is 0 Å². The molecule has 0 spiro atoms. The maximum absolute atomic E-state index is 13.8. The van der Waals surface area contributed by atoms with Crippen molar-refractivity contribution in [1.82, 2.24) is 10.2 Å². The summed E-state index contributed by atoms with van der Waals surface area (Å²) < 4.78 is 41.7. The molecule has 10 heteroatoms. The number of carbonyl (C=O) groups is 2. The van der Waals surface area contributed by atoms with E-state index in [1.807, 2.05) is 13.8 Å². The minimum absolute atomic E-state index is 0.0598. The molecule has 0 bridgehead atoms. The molecule has 2 atom stereocenters. The Balaban J connectivity index is 1.99. The van der Waals surface area contributed by atoms with Crippen LogP contribution in [0.25, 0.3) is 0 Å². The van der Waals surface area contributed by atoms with Gasteiger partial charge in [-0.25, -0.2) is 12.8 Å². The van der Waals surface area contributed by atoms with Gasteiger partial charge in [-0.05, 0) is 74.4 Å². The molecule has 38 heavy (non-hydrogen) atoms. The van der Waals surface area contributed by atoms with Crippen LogP contribution in [0.2, 0.25) is 5.02 Å². The van der Waals surface area contributed by atoms with E-state index >= 15 is 0 Å². The van der Waals surface area contributed by atoms with E-state index in [1.165, 1.54) is 4.90 Å². The molecule has 0 heterocycles. The summed E-state index contributed by atoms with van der Waals surface area (Å²) in [7, 11) is -4.25. The smallest absolute Gasteiger partial charge is 0.264 e. The van der Waals surface area contributed by atoms with Crippen LogP contribution in [-0.4, -0.2) is 43.8 Å². The lowest BCUT2D eigenvalue weighted by Crippen LogP contribution is -2.52. The molecule has 0 radical (unpaired) electrons. The zero-order valence-corrected chi connectivity index (χ0v) is 23.0. The Morgan fingerprint density at radius 3 is 2.13 bits per heavy atom. The maximum Gasteiger partial charge on any atom is 0.264 e. The van der Waals surface area contributed by atoms with Crippen molar-refractivity contribution in [2.45, 2.75) is 50.7 Å². The lowest BCUT2D eigenvalue weighted by Gasteiger charge is -2.32. The molecular formula is C28H31ClFN3O4S. The van der Waals surface area contributed by atoms with Gasteiger partial charge < -0.3 is 10.2 Å². The van der Waals surface area contributed by atoms with E-state index in [0.29, 0.717) is 11.4 Å². The van der Waals surface area contributed by atoms with E-state index in [1.54, 1.807) is 61.5 Å². The van der Waals surface area contributed by atoms with Gasteiger partial charge in [0.05, 0.1) is 10.6 Å². The summed E-state index contributed by atoms with van der Waals surface area (Å²) in [5.41, 5.74) is 0.979. The molecule has 202 valence electrons. The molecule has 0 aliphatic heterocycles. The zero-order chi connectivity index (χ0) is 27.9. The molecule has 1 N–H and O–H groups in total. The minimum atomic E-state index is -4.25. The van der Waals surface area contributed by atoms with Crippen LogP contribution in [0, 0.1) is 5.82 Å². The molecule has 0 saturated carbocycles. The Bertz CT molecular complexity index is 1340. The highest BCUT2D eigenvalue weighted by Crippen LogP contribution is 2.25. The Kier molecular flexibility index (Phi) is 9.88. The molecule has 2 amide bonds. The first kappa shape index (κ1) is 29.1. The molecule has 0 unspecified atom stereocenters. The van der Waals surface area contributed by atoms with Gasteiger partial charge in [0.25, 0.3) is 10.0 Å². The van der Waals surface area contributed by atoms with Crippen LogP contribution in [-0.2, 0) is 26.2 Å². The SMILES string of the molecule is CC[C@H](C)NC(=O)[C@H](C)N(Cc1ccc(Cl)cc1)C(=O)CN(c1ccccc1)S(=O)(=O)c1ccc(F)cc1. The number of hydrogen-bond donors (Lipinski definition) is 1. The van der Waals surface area contributed by atoms with Gasteiger partial charge in [0, 0.05) is 17.6 Å². The van der Waals surface area contributed by atoms with Crippen molar-refractivity contribution in [2.75, 3.05) is 10.8 Å². The van der Waals surface area contributed by atoms with Crippen molar-refractivity contribution in [3.05, 3.63) is 95.3 Å². The summed E-state index contributed by atoms with van der Waals surface area (Å²) in [6.07, 6.45) is 0.710. The quantitative estimate of drug-likeness (QED) is 0.358. The molecule has 0 aliphatic carbocycles. The largest absolute Gasteiger partial charge is 0.352 e. The van der Waals surface area contributed by atoms with Gasteiger partial charge in [-0.3, -0.25) is 13.9 Å². The average molecular weight is 560 g/mol. The van der Waals surface area contributed by atoms with Crippen molar-refractivity contribution in [3.8, 4) is 0 Å². The molecule has 0 saturated heterocycles. The summed E-state index contributed by atoms with van der Waals surface area (Å²) in [4.78, 5) is 28.0. The Hall–Kier alpha value is -3.43. The van der Waals surface area contributed by atoms with E-state index in [2.05, 4.69) is 5.32 Å². The monoisotopic (exact) mass is 559 g/mol. The highest BCUT2D eigenvalue weighted by molar-refractivity contribution is 7.92. The summed E-state index contributed by atoms with van der Waals surface area (Å²) in [6.45, 7) is 4.89. The van der Waals surface area contributed by atoms with E-state index in [-0.39, 0.29) is 29.1 Å². The summed E-state index contributed by atoms with van der Waals surface area (Å²) >= 11 is 6.01. The maximum atomic E-state index is 13.8. The minimum Gasteiger partial charge on any atom is -0.352 e. The normalized spacial score (nSPS) is 12.9. The third-order valence-electron chi connectivity index (χ3n) is 6.16. The van der Waals surface area contributed by atoms with Gasteiger partial charge in [0.2, 0.25) is 11.8 Å². The number of amides is 2. The van der Waals surface area contributed by atoms with Crippen LogP contribution in [0.4, 0.5) is 10.1 Å². The Morgan fingerprint density at radius 1 is 0.947 bits per heavy atom. The van der Waals surface area contributed by atoms with Gasteiger partial charge in [0.1, 0.15) is 18.4 Å². The standard InChI is InChI=1S/C28H31ClFN3O4S/c1-4-20(2)31-28(35)21(3)32(18-22-10-12-23(29)13-11-22)27(34)19-33(25-8-6-5-7-9-25)38(36,37)26-16-14-24(30)15-17-26/h5-17,20-21H,4,18-19H2,1-3H3,(H,31,35)/t20-,21-/m0/s1. The molecular weight excluding hydrogens is 529 g/mol. The van der Waals surface area contributed by atoms with Crippen molar-refractivity contribution >= 4 is 39.1 Å². The number of carbonyl (C=O) groups excluding carboxylic acids is 2. The topological polar surface area (TPSA) is 86.8 Å². The van der Waals surface area contributed by atoms with Crippen LogP contribution < -0.4 is 9.62 Å². The number of halogens is 2. The number of nitrogens with zero attached hydrogens (tertiary/aromatic N) is 2. The molecule has 3 rings (SSSR count). The fraction of sp³-hybridized carbons (Fsp3) is 0.286. The van der Waals surface area contributed by atoms with E-state index in [9.17, 15) is 22.4 Å². The fourth-order valence-corrected chi connectivity index (χ4v) is 5.23. The lowest BCUT2D eigenvalue weighted by molar-refractivity contribution is -0.139. The van der Waals surface area contributed by atoms with Crippen LogP contribution in [0.3, 0.4) is 0 Å². The predicted molar refractivity (Wildman–Crippen MR) is 147 cm³/mol. The number of hydrogen-bond acceptors (Lipinski definition) is 4.